The summed E-state index contributed by atoms with van der Waals surface area (Å²) in [4.78, 5) is 0.153. The third kappa shape index (κ3) is 3.85. The van der Waals surface area contributed by atoms with E-state index < -0.39 is 10.0 Å². The van der Waals surface area contributed by atoms with Crippen LogP contribution in [0.25, 0.3) is 0 Å². The van der Waals surface area contributed by atoms with E-state index in [0.717, 1.165) is 0 Å². The van der Waals surface area contributed by atoms with Gasteiger partial charge in [-0.2, -0.15) is 0 Å². The first-order valence-corrected chi connectivity index (χ1v) is 7.55. The van der Waals surface area contributed by atoms with Crippen LogP contribution in [0.5, 0.6) is 0 Å². The number of benzene rings is 1. The van der Waals surface area contributed by atoms with Gasteiger partial charge in [0.25, 0.3) is 0 Å². The minimum Gasteiger partial charge on any atom is -0.207 e. The number of sulfonamides is 1. The molecule has 0 aliphatic carbocycles. The lowest BCUT2D eigenvalue weighted by Gasteiger charge is -2.08. The topological polar surface area (TPSA) is 46.2 Å². The average Bonchev–Trinajstić information content (AvgIpc) is 2.19. The fraction of sp³-hybridized carbons (Fsp3) is 0.111. The molecule has 1 aromatic carbocycles. The predicted octanol–water partition coefficient (Wildman–Crippen LogP) is 3.24. The van der Waals surface area contributed by atoms with Crippen LogP contribution in [0.2, 0.25) is 0 Å². The van der Waals surface area contributed by atoms with Crippen LogP contribution in [-0.2, 0) is 10.0 Å². The highest BCUT2D eigenvalue weighted by atomic mass is 79.9. The number of hydrogen-bond donors (Lipinski definition) is 1. The smallest absolute Gasteiger partial charge is 0.207 e. The van der Waals surface area contributed by atoms with Crippen LogP contribution in [-0.4, -0.2) is 15.0 Å². The van der Waals surface area contributed by atoms with Gasteiger partial charge in [-0.1, -0.05) is 34.1 Å². The second-order valence-electron chi connectivity index (χ2n) is 2.92. The van der Waals surface area contributed by atoms with Gasteiger partial charge in [-0.25, -0.2) is 13.1 Å². The first-order chi connectivity index (χ1) is 7.33. The van der Waals surface area contributed by atoms with Crippen LogP contribution in [0, 0.1) is 0 Å². The molecular formula is C9H8Br2ClNO2S. The van der Waals surface area contributed by atoms with Crippen LogP contribution in [0.4, 0.5) is 0 Å². The molecule has 0 aliphatic rings. The second kappa shape index (κ2) is 5.64. The maximum absolute atomic E-state index is 11.8. The van der Waals surface area contributed by atoms with E-state index in [-0.39, 0.29) is 16.5 Å². The van der Waals surface area contributed by atoms with Crippen molar-refractivity contribution in [1.82, 2.24) is 4.72 Å². The van der Waals surface area contributed by atoms with Crippen molar-refractivity contribution < 1.29 is 8.42 Å². The molecule has 0 unspecified atom stereocenters. The van der Waals surface area contributed by atoms with E-state index in [9.17, 15) is 8.42 Å². The van der Waals surface area contributed by atoms with E-state index in [1.54, 1.807) is 12.1 Å². The van der Waals surface area contributed by atoms with Crippen LogP contribution >= 0.6 is 43.5 Å². The molecule has 1 N–H and O–H groups in total. The summed E-state index contributed by atoms with van der Waals surface area (Å²) < 4.78 is 27.2. The summed E-state index contributed by atoms with van der Waals surface area (Å²) in [7, 11) is -3.58. The molecule has 0 atom stereocenters. The lowest BCUT2D eigenvalue weighted by molar-refractivity contribution is 0.585. The number of hydrogen-bond acceptors (Lipinski definition) is 2. The standard InChI is InChI=1S/C9H8Br2ClNO2S/c1-6(12)5-13-16(14,15)9-4-7(10)2-3-8(9)11/h2-4,13H,1,5H2. The monoisotopic (exact) mass is 387 g/mol. The van der Waals surface area contributed by atoms with Crippen molar-refractivity contribution in [3.8, 4) is 0 Å². The molecule has 16 heavy (non-hydrogen) atoms. The van der Waals surface area contributed by atoms with Crippen LogP contribution in [0.3, 0.4) is 0 Å². The van der Waals surface area contributed by atoms with Crippen molar-refractivity contribution >= 4 is 53.5 Å². The lowest BCUT2D eigenvalue weighted by Crippen LogP contribution is -2.25. The normalized spacial score (nSPS) is 11.4. The van der Waals surface area contributed by atoms with Crippen molar-refractivity contribution in [2.75, 3.05) is 6.54 Å². The van der Waals surface area contributed by atoms with Gasteiger partial charge in [0, 0.05) is 20.5 Å². The molecule has 0 spiro atoms. The number of nitrogens with one attached hydrogen (secondary N) is 1. The predicted molar refractivity (Wildman–Crippen MR) is 72.0 cm³/mol. The van der Waals surface area contributed by atoms with E-state index in [4.69, 9.17) is 11.6 Å². The summed E-state index contributed by atoms with van der Waals surface area (Å²) in [6, 6.07) is 4.89. The van der Waals surface area contributed by atoms with Gasteiger partial charge in [-0.05, 0) is 34.1 Å². The Balaban J connectivity index is 3.07. The Bertz CT molecular complexity index is 516. The zero-order chi connectivity index (χ0) is 12.3. The molecule has 7 heteroatoms. The molecule has 0 radical (unpaired) electrons. The molecular weight excluding hydrogens is 381 g/mol. The molecule has 88 valence electrons. The quantitative estimate of drug-likeness (QED) is 0.859. The summed E-state index contributed by atoms with van der Waals surface area (Å²) in [5, 5.41) is 0.231. The first-order valence-electron chi connectivity index (χ1n) is 4.11. The van der Waals surface area contributed by atoms with E-state index in [1.807, 2.05) is 0 Å². The van der Waals surface area contributed by atoms with Crippen LogP contribution < -0.4 is 4.72 Å². The van der Waals surface area contributed by atoms with Crippen molar-refractivity contribution in [1.29, 1.82) is 0 Å². The van der Waals surface area contributed by atoms with E-state index in [0.29, 0.717) is 8.95 Å². The summed E-state index contributed by atoms with van der Waals surface area (Å²) in [5.41, 5.74) is 0. The van der Waals surface area contributed by atoms with Gasteiger partial charge in [0.2, 0.25) is 10.0 Å². The summed E-state index contributed by atoms with van der Waals surface area (Å²) in [6.07, 6.45) is 0. The van der Waals surface area contributed by atoms with Gasteiger partial charge in [0.05, 0.1) is 4.90 Å². The Labute approximate surface area is 116 Å². The third-order valence-electron chi connectivity index (χ3n) is 1.64. The van der Waals surface area contributed by atoms with Crippen LogP contribution in [0.15, 0.2) is 43.7 Å². The van der Waals surface area contributed by atoms with Gasteiger partial charge in [-0.3, -0.25) is 0 Å². The molecule has 0 fully saturated rings. The van der Waals surface area contributed by atoms with Crippen molar-refractivity contribution in [3.05, 3.63) is 38.8 Å². The molecule has 0 saturated carbocycles. The van der Waals surface area contributed by atoms with Crippen molar-refractivity contribution in [3.63, 3.8) is 0 Å². The molecule has 1 rings (SSSR count). The largest absolute Gasteiger partial charge is 0.242 e. The first kappa shape index (κ1) is 14.2. The molecule has 0 heterocycles. The lowest BCUT2D eigenvalue weighted by atomic mass is 10.4. The highest BCUT2D eigenvalue weighted by molar-refractivity contribution is 9.11. The van der Waals surface area contributed by atoms with Gasteiger partial charge >= 0.3 is 0 Å². The molecule has 1 aromatic rings. The molecule has 0 saturated heterocycles. The minimum atomic E-state index is -3.58. The Morgan fingerprint density at radius 1 is 1.44 bits per heavy atom. The fourth-order valence-corrected chi connectivity index (χ4v) is 3.61. The Morgan fingerprint density at radius 2 is 2.06 bits per heavy atom. The van der Waals surface area contributed by atoms with Crippen LogP contribution in [0.1, 0.15) is 0 Å². The zero-order valence-electron chi connectivity index (χ0n) is 8.00. The number of halogens is 3. The Hall–Kier alpha value is 0.120. The second-order valence-corrected chi connectivity index (χ2v) is 6.96. The van der Waals surface area contributed by atoms with E-state index in [1.165, 1.54) is 6.07 Å². The average molecular weight is 389 g/mol. The molecule has 0 aromatic heterocycles. The maximum atomic E-state index is 11.8. The van der Waals surface area contributed by atoms with Crippen molar-refractivity contribution in [2.45, 2.75) is 4.90 Å². The molecule has 3 nitrogen and oxygen atoms in total. The Kier molecular flexibility index (Phi) is 5.00. The van der Waals surface area contributed by atoms with Crippen molar-refractivity contribution in [2.24, 2.45) is 0 Å². The summed E-state index contributed by atoms with van der Waals surface area (Å²) >= 11 is 11.9. The van der Waals surface area contributed by atoms with E-state index >= 15 is 0 Å². The molecule has 0 bridgehead atoms. The molecule has 0 amide bonds. The zero-order valence-corrected chi connectivity index (χ0v) is 12.7. The summed E-state index contributed by atoms with van der Waals surface area (Å²) in [5.74, 6) is 0. The summed E-state index contributed by atoms with van der Waals surface area (Å²) in [6.45, 7) is 3.41. The highest BCUT2D eigenvalue weighted by Crippen LogP contribution is 2.25. The van der Waals surface area contributed by atoms with Gasteiger partial charge < -0.3 is 0 Å². The van der Waals surface area contributed by atoms with Gasteiger partial charge in [0.1, 0.15) is 0 Å². The Morgan fingerprint density at radius 3 is 2.62 bits per heavy atom. The van der Waals surface area contributed by atoms with Gasteiger partial charge in [0.15, 0.2) is 0 Å². The van der Waals surface area contributed by atoms with Gasteiger partial charge in [-0.15, -0.1) is 0 Å². The highest BCUT2D eigenvalue weighted by Gasteiger charge is 2.17. The fourth-order valence-electron chi connectivity index (χ4n) is 0.934. The molecule has 0 aliphatic heterocycles. The third-order valence-corrected chi connectivity index (χ3v) is 4.66. The minimum absolute atomic E-state index is 0.00282. The van der Waals surface area contributed by atoms with E-state index in [2.05, 4.69) is 43.2 Å². The SMILES string of the molecule is C=C(Cl)CNS(=O)(=O)c1cc(Br)ccc1Br. The maximum Gasteiger partial charge on any atom is 0.242 e. The number of rotatable bonds is 4.